The van der Waals surface area contributed by atoms with Crippen LogP contribution < -0.4 is 10.5 Å². The molecule has 0 aliphatic rings. The quantitative estimate of drug-likeness (QED) is 0.720. The SMILES string of the molecule is Cc1cc(S(N)(=O)=O)cc(NC(=O)c2ccc(-c3ccccc3)cc2)c1C. The summed E-state index contributed by atoms with van der Waals surface area (Å²) in [7, 11) is -3.85. The molecule has 0 radical (unpaired) electrons. The molecule has 138 valence electrons. The van der Waals surface area contributed by atoms with Gasteiger partial charge in [0.2, 0.25) is 10.0 Å². The molecule has 0 saturated heterocycles. The van der Waals surface area contributed by atoms with Crippen molar-refractivity contribution in [3.8, 4) is 11.1 Å². The predicted molar refractivity (Wildman–Crippen MR) is 107 cm³/mol. The second kappa shape index (κ2) is 7.34. The zero-order valence-corrected chi connectivity index (χ0v) is 15.9. The van der Waals surface area contributed by atoms with Gasteiger partial charge in [0.15, 0.2) is 0 Å². The zero-order chi connectivity index (χ0) is 19.6. The summed E-state index contributed by atoms with van der Waals surface area (Å²) in [5, 5.41) is 8.00. The van der Waals surface area contributed by atoms with Crippen LogP contribution >= 0.6 is 0 Å². The molecule has 0 atom stereocenters. The average Bonchev–Trinajstić information content (AvgIpc) is 2.65. The van der Waals surface area contributed by atoms with Crippen molar-refractivity contribution >= 4 is 21.6 Å². The van der Waals surface area contributed by atoms with Gasteiger partial charge in [-0.25, -0.2) is 13.6 Å². The highest BCUT2D eigenvalue weighted by Crippen LogP contribution is 2.25. The number of nitrogens with one attached hydrogen (secondary N) is 1. The number of primary sulfonamides is 1. The number of rotatable bonds is 4. The molecule has 27 heavy (non-hydrogen) atoms. The van der Waals surface area contributed by atoms with Crippen molar-refractivity contribution in [2.45, 2.75) is 18.7 Å². The van der Waals surface area contributed by atoms with Gasteiger partial charge in [0.05, 0.1) is 4.90 Å². The summed E-state index contributed by atoms with van der Waals surface area (Å²) >= 11 is 0. The smallest absolute Gasteiger partial charge is 0.255 e. The number of benzene rings is 3. The highest BCUT2D eigenvalue weighted by atomic mass is 32.2. The number of carbonyl (C=O) groups is 1. The molecule has 0 aliphatic heterocycles. The topological polar surface area (TPSA) is 89.3 Å². The Morgan fingerprint density at radius 3 is 2.07 bits per heavy atom. The molecular formula is C21H20N2O3S. The maximum atomic E-state index is 12.6. The van der Waals surface area contributed by atoms with Gasteiger partial charge in [0.1, 0.15) is 0 Å². The van der Waals surface area contributed by atoms with Crippen molar-refractivity contribution in [1.29, 1.82) is 0 Å². The van der Waals surface area contributed by atoms with Crippen LogP contribution in [0, 0.1) is 13.8 Å². The van der Waals surface area contributed by atoms with Gasteiger partial charge in [-0.05, 0) is 60.4 Å². The lowest BCUT2D eigenvalue weighted by Crippen LogP contribution is -2.16. The molecule has 3 N–H and O–H groups in total. The number of carbonyl (C=O) groups excluding carboxylic acids is 1. The lowest BCUT2D eigenvalue weighted by Gasteiger charge is -2.13. The fraction of sp³-hybridized carbons (Fsp3) is 0.0952. The molecule has 0 fully saturated rings. The van der Waals surface area contributed by atoms with E-state index in [4.69, 9.17) is 5.14 Å². The molecule has 1 amide bonds. The Morgan fingerprint density at radius 2 is 1.48 bits per heavy atom. The van der Waals surface area contributed by atoms with E-state index < -0.39 is 10.0 Å². The van der Waals surface area contributed by atoms with E-state index in [0.717, 1.165) is 22.3 Å². The van der Waals surface area contributed by atoms with Crippen molar-refractivity contribution in [2.75, 3.05) is 5.32 Å². The van der Waals surface area contributed by atoms with E-state index in [-0.39, 0.29) is 10.8 Å². The maximum absolute atomic E-state index is 12.6. The first-order valence-corrected chi connectivity index (χ1v) is 9.91. The van der Waals surface area contributed by atoms with Crippen LogP contribution in [-0.4, -0.2) is 14.3 Å². The molecule has 3 aromatic rings. The molecule has 0 aromatic heterocycles. The normalized spacial score (nSPS) is 11.2. The van der Waals surface area contributed by atoms with E-state index in [9.17, 15) is 13.2 Å². The standard InChI is InChI=1S/C21H20N2O3S/c1-14-12-19(27(22,25)26)13-20(15(14)2)23-21(24)18-10-8-17(9-11-18)16-6-4-3-5-7-16/h3-13H,1-2H3,(H,23,24)(H2,22,25,26). The van der Waals surface area contributed by atoms with Gasteiger partial charge in [-0.3, -0.25) is 4.79 Å². The summed E-state index contributed by atoms with van der Waals surface area (Å²) in [6.45, 7) is 3.59. The molecule has 0 spiro atoms. The summed E-state index contributed by atoms with van der Waals surface area (Å²) in [6.07, 6.45) is 0. The van der Waals surface area contributed by atoms with Crippen LogP contribution in [0.3, 0.4) is 0 Å². The van der Waals surface area contributed by atoms with Crippen LogP contribution in [0.2, 0.25) is 0 Å². The van der Waals surface area contributed by atoms with E-state index >= 15 is 0 Å². The van der Waals surface area contributed by atoms with E-state index in [1.54, 1.807) is 19.1 Å². The Bertz CT molecular complexity index is 1090. The van der Waals surface area contributed by atoms with Crippen LogP contribution in [-0.2, 0) is 10.0 Å². The minimum absolute atomic E-state index is 0.0275. The van der Waals surface area contributed by atoms with Gasteiger partial charge < -0.3 is 5.32 Å². The van der Waals surface area contributed by atoms with Crippen molar-refractivity contribution in [2.24, 2.45) is 5.14 Å². The molecule has 0 aliphatic carbocycles. The predicted octanol–water partition coefficient (Wildman–Crippen LogP) is 3.87. The fourth-order valence-corrected chi connectivity index (χ4v) is 3.38. The molecule has 6 heteroatoms. The summed E-state index contributed by atoms with van der Waals surface area (Å²) in [4.78, 5) is 12.6. The summed E-state index contributed by atoms with van der Waals surface area (Å²) < 4.78 is 23.3. The highest BCUT2D eigenvalue weighted by Gasteiger charge is 2.15. The molecule has 3 rings (SSSR count). The molecular weight excluding hydrogens is 360 g/mol. The van der Waals surface area contributed by atoms with E-state index in [0.29, 0.717) is 11.3 Å². The number of anilines is 1. The van der Waals surface area contributed by atoms with Gasteiger partial charge in [-0.2, -0.15) is 0 Å². The van der Waals surface area contributed by atoms with Crippen molar-refractivity contribution in [3.63, 3.8) is 0 Å². The zero-order valence-electron chi connectivity index (χ0n) is 15.1. The number of aryl methyl sites for hydroxylation is 1. The number of hydrogen-bond acceptors (Lipinski definition) is 3. The first kappa shape index (κ1) is 18.8. The van der Waals surface area contributed by atoms with Crippen LogP contribution in [0.25, 0.3) is 11.1 Å². The molecule has 0 unspecified atom stereocenters. The Kier molecular flexibility index (Phi) is 5.12. The Hall–Kier alpha value is -2.96. The second-order valence-electron chi connectivity index (χ2n) is 6.36. The third-order valence-corrected chi connectivity index (χ3v) is 5.36. The fourth-order valence-electron chi connectivity index (χ4n) is 2.76. The molecule has 0 bridgehead atoms. The van der Waals surface area contributed by atoms with E-state index in [1.807, 2.05) is 49.4 Å². The van der Waals surface area contributed by atoms with Gasteiger partial charge in [-0.1, -0.05) is 42.5 Å². The first-order chi connectivity index (χ1) is 12.8. The van der Waals surface area contributed by atoms with Gasteiger partial charge in [0, 0.05) is 11.3 Å². The maximum Gasteiger partial charge on any atom is 0.255 e. The molecule has 0 saturated carbocycles. The Morgan fingerprint density at radius 1 is 0.889 bits per heavy atom. The van der Waals surface area contributed by atoms with Crippen LogP contribution in [0.4, 0.5) is 5.69 Å². The van der Waals surface area contributed by atoms with E-state index in [2.05, 4.69) is 5.32 Å². The number of sulfonamides is 1. The van der Waals surface area contributed by atoms with E-state index in [1.165, 1.54) is 12.1 Å². The molecule has 5 nitrogen and oxygen atoms in total. The van der Waals surface area contributed by atoms with Crippen LogP contribution in [0.5, 0.6) is 0 Å². The number of amides is 1. The summed E-state index contributed by atoms with van der Waals surface area (Å²) in [5.41, 5.74) is 4.50. The molecule has 3 aromatic carbocycles. The van der Waals surface area contributed by atoms with Crippen molar-refractivity contribution < 1.29 is 13.2 Å². The monoisotopic (exact) mass is 380 g/mol. The van der Waals surface area contributed by atoms with Gasteiger partial charge in [0.25, 0.3) is 5.91 Å². The van der Waals surface area contributed by atoms with Crippen LogP contribution in [0.15, 0.2) is 71.6 Å². The largest absolute Gasteiger partial charge is 0.322 e. The highest BCUT2D eigenvalue weighted by molar-refractivity contribution is 7.89. The summed E-state index contributed by atoms with van der Waals surface area (Å²) in [6, 6.07) is 20.0. The lowest BCUT2D eigenvalue weighted by atomic mass is 10.0. The minimum Gasteiger partial charge on any atom is -0.322 e. The average molecular weight is 380 g/mol. The Balaban J connectivity index is 1.87. The third-order valence-electron chi connectivity index (χ3n) is 4.47. The number of nitrogens with two attached hydrogens (primary N) is 1. The van der Waals surface area contributed by atoms with Gasteiger partial charge in [-0.15, -0.1) is 0 Å². The van der Waals surface area contributed by atoms with Crippen molar-refractivity contribution in [3.05, 3.63) is 83.4 Å². The lowest BCUT2D eigenvalue weighted by molar-refractivity contribution is 0.102. The second-order valence-corrected chi connectivity index (χ2v) is 7.92. The number of hydrogen-bond donors (Lipinski definition) is 2. The first-order valence-electron chi connectivity index (χ1n) is 8.36. The molecule has 0 heterocycles. The van der Waals surface area contributed by atoms with Crippen LogP contribution in [0.1, 0.15) is 21.5 Å². The van der Waals surface area contributed by atoms with Crippen molar-refractivity contribution in [1.82, 2.24) is 0 Å². The minimum atomic E-state index is -3.85. The summed E-state index contributed by atoms with van der Waals surface area (Å²) in [5.74, 6) is -0.316. The Labute approximate surface area is 158 Å². The van der Waals surface area contributed by atoms with Gasteiger partial charge >= 0.3 is 0 Å². The third kappa shape index (κ3) is 4.24.